The van der Waals surface area contributed by atoms with Crippen LogP contribution in [0.2, 0.25) is 0 Å². The number of ketones is 1. The lowest BCUT2D eigenvalue weighted by Crippen LogP contribution is -2.21. The number of benzene rings is 4. The van der Waals surface area contributed by atoms with Gasteiger partial charge in [0.05, 0.1) is 0 Å². The molecule has 0 aliphatic carbocycles. The third-order valence-electron chi connectivity index (χ3n) is 4.92. The number of rotatable bonds is 5. The van der Waals surface area contributed by atoms with Crippen molar-refractivity contribution in [3.05, 3.63) is 143 Å². The number of hydrogen-bond acceptors (Lipinski definition) is 1. The van der Waals surface area contributed by atoms with Crippen molar-refractivity contribution < 1.29 is 4.79 Å². The molecule has 0 unspecified atom stereocenters. The van der Waals surface area contributed by atoms with Crippen LogP contribution in [0.5, 0.6) is 0 Å². The number of carbonyl (C=O) groups is 1. The maximum absolute atomic E-state index is 12.7. The lowest BCUT2D eigenvalue weighted by Gasteiger charge is -2.30. The summed E-state index contributed by atoms with van der Waals surface area (Å²) in [7, 11) is 0. The average molecular weight is 427 g/mol. The fraction of sp³-hybridized carbons (Fsp3) is 0.0385. The summed E-state index contributed by atoms with van der Waals surface area (Å²) in [6.07, 6.45) is 0. The van der Waals surface area contributed by atoms with Gasteiger partial charge in [0.25, 0.3) is 0 Å². The predicted molar refractivity (Wildman–Crippen MR) is 118 cm³/mol. The molecule has 0 saturated heterocycles. The summed E-state index contributed by atoms with van der Waals surface area (Å²) < 4.78 is -0.482. The zero-order chi connectivity index (χ0) is 19.4. The number of carbonyl (C=O) groups excluding carboxylic acids is 1. The molecule has 4 aromatic rings. The van der Waals surface area contributed by atoms with E-state index in [0.29, 0.717) is 11.1 Å². The van der Waals surface area contributed by atoms with Gasteiger partial charge in [-0.2, -0.15) is 0 Å². The Morgan fingerprint density at radius 3 is 1.32 bits per heavy atom. The van der Waals surface area contributed by atoms with Crippen molar-refractivity contribution in [3.63, 3.8) is 0 Å². The molecule has 0 heterocycles. The van der Waals surface area contributed by atoms with Crippen molar-refractivity contribution in [2.45, 2.75) is 4.32 Å². The minimum atomic E-state index is -0.482. The summed E-state index contributed by atoms with van der Waals surface area (Å²) in [6.45, 7) is 0. The Labute approximate surface area is 173 Å². The Hall–Kier alpha value is -2.97. The largest absolute Gasteiger partial charge is 0.289 e. The van der Waals surface area contributed by atoms with Gasteiger partial charge < -0.3 is 0 Å². The Kier molecular flexibility index (Phi) is 5.23. The molecule has 0 radical (unpaired) electrons. The monoisotopic (exact) mass is 426 g/mol. The van der Waals surface area contributed by atoms with Crippen molar-refractivity contribution in [1.82, 2.24) is 0 Å². The van der Waals surface area contributed by atoms with Crippen LogP contribution in [0.25, 0.3) is 0 Å². The van der Waals surface area contributed by atoms with E-state index >= 15 is 0 Å². The standard InChI is InChI=1S/C26H19BrO/c27-26(22-12-6-2-7-13-22,23-14-8-3-9-15-23)24-18-16-21(17-19-24)25(28)20-10-4-1-5-11-20/h1-19H. The molecule has 0 aliphatic heterocycles. The van der Waals surface area contributed by atoms with Gasteiger partial charge in [0.15, 0.2) is 5.78 Å². The highest BCUT2D eigenvalue weighted by Crippen LogP contribution is 2.44. The lowest BCUT2D eigenvalue weighted by molar-refractivity contribution is 0.103. The molecular weight excluding hydrogens is 408 g/mol. The van der Waals surface area contributed by atoms with E-state index in [9.17, 15) is 4.79 Å². The first-order chi connectivity index (χ1) is 13.7. The van der Waals surface area contributed by atoms with Crippen molar-refractivity contribution in [1.29, 1.82) is 0 Å². The molecule has 4 aromatic carbocycles. The van der Waals surface area contributed by atoms with Crippen LogP contribution < -0.4 is 0 Å². The molecule has 0 saturated carbocycles. The second kappa shape index (κ2) is 7.95. The highest BCUT2D eigenvalue weighted by molar-refractivity contribution is 9.10. The Balaban J connectivity index is 1.77. The van der Waals surface area contributed by atoms with Crippen molar-refractivity contribution in [2.24, 2.45) is 0 Å². The van der Waals surface area contributed by atoms with Crippen molar-refractivity contribution in [2.75, 3.05) is 0 Å². The summed E-state index contributed by atoms with van der Waals surface area (Å²) in [4.78, 5) is 12.7. The van der Waals surface area contributed by atoms with Gasteiger partial charge in [-0.3, -0.25) is 4.79 Å². The van der Waals surface area contributed by atoms with Crippen LogP contribution in [0.3, 0.4) is 0 Å². The second-order valence-corrected chi connectivity index (χ2v) is 7.85. The first-order valence-corrected chi connectivity index (χ1v) is 9.99. The van der Waals surface area contributed by atoms with Gasteiger partial charge in [-0.05, 0) is 16.7 Å². The quantitative estimate of drug-likeness (QED) is 0.199. The molecule has 0 aromatic heterocycles. The second-order valence-electron chi connectivity index (χ2n) is 6.66. The summed E-state index contributed by atoms with van der Waals surface area (Å²) in [5.74, 6) is 0.0340. The molecule has 0 atom stereocenters. The van der Waals surface area contributed by atoms with E-state index in [0.717, 1.165) is 16.7 Å². The Bertz CT molecular complexity index is 1020. The zero-order valence-electron chi connectivity index (χ0n) is 15.3. The summed E-state index contributed by atoms with van der Waals surface area (Å²) in [5, 5.41) is 0. The van der Waals surface area contributed by atoms with Gasteiger partial charge in [-0.25, -0.2) is 0 Å². The van der Waals surface area contributed by atoms with Crippen LogP contribution in [-0.2, 0) is 4.32 Å². The van der Waals surface area contributed by atoms with Gasteiger partial charge in [0.2, 0.25) is 0 Å². The maximum Gasteiger partial charge on any atom is 0.193 e. The molecule has 1 nitrogen and oxygen atoms in total. The number of halogens is 1. The van der Waals surface area contributed by atoms with Crippen LogP contribution >= 0.6 is 15.9 Å². The van der Waals surface area contributed by atoms with Crippen LogP contribution in [-0.4, -0.2) is 5.78 Å². The van der Waals surface area contributed by atoms with Crippen molar-refractivity contribution >= 4 is 21.7 Å². The van der Waals surface area contributed by atoms with E-state index in [1.807, 2.05) is 91.0 Å². The average Bonchev–Trinajstić information content (AvgIpc) is 2.80. The molecule has 0 N–H and O–H groups in total. The molecule has 136 valence electrons. The SMILES string of the molecule is O=C(c1ccccc1)c1ccc(C(Br)(c2ccccc2)c2ccccc2)cc1. The Morgan fingerprint density at radius 1 is 0.500 bits per heavy atom. The van der Waals surface area contributed by atoms with Gasteiger partial charge in [0.1, 0.15) is 4.32 Å². The molecule has 0 spiro atoms. The van der Waals surface area contributed by atoms with E-state index < -0.39 is 4.32 Å². The molecule has 28 heavy (non-hydrogen) atoms. The zero-order valence-corrected chi connectivity index (χ0v) is 16.8. The van der Waals surface area contributed by atoms with Gasteiger partial charge in [-0.1, -0.05) is 131 Å². The summed E-state index contributed by atoms with van der Waals surface area (Å²) >= 11 is 4.03. The van der Waals surface area contributed by atoms with E-state index in [-0.39, 0.29) is 5.78 Å². The summed E-state index contributed by atoms with van der Waals surface area (Å²) in [5.41, 5.74) is 4.75. The topological polar surface area (TPSA) is 17.1 Å². The maximum atomic E-state index is 12.7. The van der Waals surface area contributed by atoms with E-state index in [2.05, 4.69) is 40.2 Å². The Morgan fingerprint density at radius 2 is 0.857 bits per heavy atom. The minimum Gasteiger partial charge on any atom is -0.289 e. The highest BCUT2D eigenvalue weighted by atomic mass is 79.9. The normalized spacial score (nSPS) is 11.2. The van der Waals surface area contributed by atoms with E-state index in [4.69, 9.17) is 0 Å². The molecule has 0 fully saturated rings. The third kappa shape index (κ3) is 3.44. The number of alkyl halides is 1. The first kappa shape index (κ1) is 18.4. The molecule has 0 aliphatic rings. The smallest absolute Gasteiger partial charge is 0.193 e. The summed E-state index contributed by atoms with van der Waals surface area (Å²) in [6, 6.07) is 37.9. The van der Waals surface area contributed by atoms with Gasteiger partial charge >= 0.3 is 0 Å². The molecule has 0 amide bonds. The first-order valence-electron chi connectivity index (χ1n) is 9.20. The number of hydrogen-bond donors (Lipinski definition) is 0. The molecule has 4 rings (SSSR count). The molecular formula is C26H19BrO. The minimum absolute atomic E-state index is 0.0340. The van der Waals surface area contributed by atoms with Crippen LogP contribution in [0, 0.1) is 0 Å². The predicted octanol–water partition coefficient (Wildman–Crippen LogP) is 6.60. The van der Waals surface area contributed by atoms with Gasteiger partial charge in [0, 0.05) is 11.1 Å². The lowest BCUT2D eigenvalue weighted by atomic mass is 9.84. The van der Waals surface area contributed by atoms with Crippen LogP contribution in [0.1, 0.15) is 32.6 Å². The third-order valence-corrected chi connectivity index (χ3v) is 6.30. The fourth-order valence-corrected chi connectivity index (χ4v) is 4.24. The van der Waals surface area contributed by atoms with Gasteiger partial charge in [-0.15, -0.1) is 0 Å². The van der Waals surface area contributed by atoms with E-state index in [1.54, 1.807) is 0 Å². The highest BCUT2D eigenvalue weighted by Gasteiger charge is 2.33. The van der Waals surface area contributed by atoms with Crippen LogP contribution in [0.15, 0.2) is 115 Å². The fourth-order valence-electron chi connectivity index (χ4n) is 3.44. The van der Waals surface area contributed by atoms with Crippen molar-refractivity contribution in [3.8, 4) is 0 Å². The molecule has 2 heteroatoms. The van der Waals surface area contributed by atoms with E-state index in [1.165, 1.54) is 0 Å². The molecule has 0 bridgehead atoms. The van der Waals surface area contributed by atoms with Crippen LogP contribution in [0.4, 0.5) is 0 Å².